The highest BCUT2D eigenvalue weighted by molar-refractivity contribution is 6.02. The Hall–Kier alpha value is -0.830. The van der Waals surface area contributed by atoms with Gasteiger partial charge in [0.15, 0.2) is 5.78 Å². The first kappa shape index (κ1) is 10.7. The summed E-state index contributed by atoms with van der Waals surface area (Å²) in [6, 6.07) is 0. The summed E-state index contributed by atoms with van der Waals surface area (Å²) in [4.78, 5) is 14.5. The van der Waals surface area contributed by atoms with E-state index in [4.69, 9.17) is 4.74 Å². The molecule has 0 saturated heterocycles. The molecule has 1 saturated carbocycles. The zero-order chi connectivity index (χ0) is 10.9. The summed E-state index contributed by atoms with van der Waals surface area (Å²) in [7, 11) is 4.03. The average molecular weight is 209 g/mol. The lowest BCUT2D eigenvalue weighted by Crippen LogP contribution is -2.49. The molecule has 0 N–H and O–H groups in total. The summed E-state index contributed by atoms with van der Waals surface area (Å²) < 4.78 is 5.16. The van der Waals surface area contributed by atoms with Gasteiger partial charge in [-0.25, -0.2) is 0 Å². The van der Waals surface area contributed by atoms with Crippen LogP contribution in [0.2, 0.25) is 0 Å². The van der Waals surface area contributed by atoms with Crippen molar-refractivity contribution >= 4 is 5.78 Å². The smallest absolute Gasteiger partial charge is 0.182 e. The van der Waals surface area contributed by atoms with Gasteiger partial charge in [0.25, 0.3) is 0 Å². The van der Waals surface area contributed by atoms with Crippen LogP contribution in [0.1, 0.15) is 32.1 Å². The molecule has 1 heterocycles. The molecule has 0 amide bonds. The molecule has 0 radical (unpaired) electrons. The molecule has 84 valence electrons. The van der Waals surface area contributed by atoms with Crippen LogP contribution in [-0.2, 0) is 9.53 Å². The lowest BCUT2D eigenvalue weighted by atomic mass is 9.86. The Morgan fingerprint density at radius 1 is 1.40 bits per heavy atom. The first-order chi connectivity index (χ1) is 7.17. The average Bonchev–Trinajstić information content (AvgIpc) is 2.89. The van der Waals surface area contributed by atoms with E-state index in [1.54, 1.807) is 6.26 Å². The Bertz CT molecular complexity index is 288. The second-order valence-corrected chi connectivity index (χ2v) is 4.73. The van der Waals surface area contributed by atoms with Crippen LogP contribution in [0.4, 0.5) is 0 Å². The summed E-state index contributed by atoms with van der Waals surface area (Å²) in [5.74, 6) is 0.294. The first-order valence-electron chi connectivity index (χ1n) is 5.70. The molecule has 0 bridgehead atoms. The predicted octanol–water partition coefficient (Wildman–Crippen LogP) is 1.73. The molecule has 0 unspecified atom stereocenters. The van der Waals surface area contributed by atoms with Gasteiger partial charge in [-0.2, -0.15) is 0 Å². The third kappa shape index (κ3) is 1.69. The van der Waals surface area contributed by atoms with E-state index in [9.17, 15) is 4.79 Å². The number of ether oxygens (including phenoxy) is 1. The first-order valence-corrected chi connectivity index (χ1v) is 5.70. The van der Waals surface area contributed by atoms with Crippen LogP contribution in [0.25, 0.3) is 0 Å². The number of carbonyl (C=O) groups is 1. The number of carbonyl (C=O) groups excluding carboxylic acids is 1. The molecular weight excluding hydrogens is 190 g/mol. The molecule has 1 fully saturated rings. The zero-order valence-electron chi connectivity index (χ0n) is 9.58. The van der Waals surface area contributed by atoms with Gasteiger partial charge >= 0.3 is 0 Å². The molecule has 1 aliphatic carbocycles. The van der Waals surface area contributed by atoms with E-state index in [0.717, 1.165) is 37.7 Å². The monoisotopic (exact) mass is 209 g/mol. The van der Waals surface area contributed by atoms with Gasteiger partial charge in [-0.05, 0) is 26.9 Å². The second-order valence-electron chi connectivity index (χ2n) is 4.73. The Kier molecular flexibility index (Phi) is 2.83. The maximum absolute atomic E-state index is 12.4. The van der Waals surface area contributed by atoms with Gasteiger partial charge in [0.05, 0.1) is 18.4 Å². The molecule has 3 nitrogen and oxygen atoms in total. The SMILES string of the molecule is CN(C)C1(C(=O)C2=COCC2)CCCC1. The fraction of sp³-hybridized carbons (Fsp3) is 0.750. The van der Waals surface area contributed by atoms with E-state index < -0.39 is 0 Å². The van der Waals surface area contributed by atoms with E-state index in [1.807, 2.05) is 14.1 Å². The van der Waals surface area contributed by atoms with E-state index in [-0.39, 0.29) is 5.54 Å². The summed E-state index contributed by atoms with van der Waals surface area (Å²) in [6.45, 7) is 0.671. The highest BCUT2D eigenvalue weighted by Gasteiger charge is 2.44. The summed E-state index contributed by atoms with van der Waals surface area (Å²) >= 11 is 0. The third-order valence-electron chi connectivity index (χ3n) is 3.72. The normalized spacial score (nSPS) is 24.1. The van der Waals surface area contributed by atoms with Crippen LogP contribution >= 0.6 is 0 Å². The molecule has 2 aliphatic rings. The standard InChI is InChI=1S/C12H19NO2/c1-13(2)12(6-3-4-7-12)11(14)10-5-8-15-9-10/h9H,3-8H2,1-2H3. The lowest BCUT2D eigenvalue weighted by Gasteiger charge is -2.34. The minimum atomic E-state index is -0.237. The van der Waals surface area contributed by atoms with Gasteiger partial charge in [0.2, 0.25) is 0 Å². The molecule has 0 aromatic carbocycles. The maximum Gasteiger partial charge on any atom is 0.182 e. The van der Waals surface area contributed by atoms with Crippen molar-refractivity contribution in [2.75, 3.05) is 20.7 Å². The van der Waals surface area contributed by atoms with Gasteiger partial charge in [0.1, 0.15) is 0 Å². The number of rotatable bonds is 3. The van der Waals surface area contributed by atoms with Gasteiger partial charge < -0.3 is 4.74 Å². The topological polar surface area (TPSA) is 29.5 Å². The van der Waals surface area contributed by atoms with Crippen molar-refractivity contribution < 1.29 is 9.53 Å². The number of likely N-dealkylation sites (N-methyl/N-ethyl adjacent to an activating group) is 1. The van der Waals surface area contributed by atoms with Crippen LogP contribution in [-0.4, -0.2) is 36.9 Å². The van der Waals surface area contributed by atoms with Crippen molar-refractivity contribution in [1.29, 1.82) is 0 Å². The fourth-order valence-electron chi connectivity index (χ4n) is 2.69. The van der Waals surface area contributed by atoms with Crippen LogP contribution in [0.5, 0.6) is 0 Å². The highest BCUT2D eigenvalue weighted by Crippen LogP contribution is 2.37. The molecular formula is C12H19NO2. The van der Waals surface area contributed by atoms with Crippen LogP contribution in [0, 0.1) is 0 Å². The number of hydrogen-bond donors (Lipinski definition) is 0. The largest absolute Gasteiger partial charge is 0.500 e. The molecule has 0 aromatic rings. The van der Waals surface area contributed by atoms with E-state index in [1.165, 1.54) is 0 Å². The van der Waals surface area contributed by atoms with E-state index in [2.05, 4.69) is 4.90 Å². The Morgan fingerprint density at radius 3 is 2.53 bits per heavy atom. The van der Waals surface area contributed by atoms with Crippen molar-refractivity contribution in [1.82, 2.24) is 4.90 Å². The molecule has 15 heavy (non-hydrogen) atoms. The third-order valence-corrected chi connectivity index (χ3v) is 3.72. The van der Waals surface area contributed by atoms with Crippen molar-refractivity contribution in [2.24, 2.45) is 0 Å². The molecule has 2 rings (SSSR count). The van der Waals surface area contributed by atoms with E-state index in [0.29, 0.717) is 12.4 Å². The number of nitrogens with zero attached hydrogens (tertiary/aromatic N) is 1. The minimum absolute atomic E-state index is 0.237. The Balaban J connectivity index is 2.21. The Morgan fingerprint density at radius 2 is 2.07 bits per heavy atom. The van der Waals surface area contributed by atoms with Crippen LogP contribution in [0.15, 0.2) is 11.8 Å². The van der Waals surface area contributed by atoms with Gasteiger partial charge in [-0.15, -0.1) is 0 Å². The number of ketones is 1. The fourth-order valence-corrected chi connectivity index (χ4v) is 2.69. The Labute approximate surface area is 91.1 Å². The quantitative estimate of drug-likeness (QED) is 0.709. The second kappa shape index (κ2) is 3.97. The number of hydrogen-bond acceptors (Lipinski definition) is 3. The predicted molar refractivity (Wildman–Crippen MR) is 58.5 cm³/mol. The van der Waals surface area contributed by atoms with Crippen molar-refractivity contribution in [3.63, 3.8) is 0 Å². The number of Topliss-reactive ketones (excluding diaryl/α,β-unsaturated/α-hetero) is 1. The van der Waals surface area contributed by atoms with E-state index >= 15 is 0 Å². The van der Waals surface area contributed by atoms with Crippen molar-refractivity contribution in [3.05, 3.63) is 11.8 Å². The summed E-state index contributed by atoms with van der Waals surface area (Å²) in [6.07, 6.45) is 6.77. The molecule has 3 heteroatoms. The van der Waals surface area contributed by atoms with Gasteiger partial charge in [-0.3, -0.25) is 9.69 Å². The molecule has 1 aliphatic heterocycles. The molecule has 0 aromatic heterocycles. The van der Waals surface area contributed by atoms with Crippen LogP contribution in [0.3, 0.4) is 0 Å². The van der Waals surface area contributed by atoms with Gasteiger partial charge in [-0.1, -0.05) is 12.8 Å². The van der Waals surface area contributed by atoms with Crippen molar-refractivity contribution in [2.45, 2.75) is 37.6 Å². The highest BCUT2D eigenvalue weighted by atomic mass is 16.5. The van der Waals surface area contributed by atoms with Crippen LogP contribution < -0.4 is 0 Å². The summed E-state index contributed by atoms with van der Waals surface area (Å²) in [5, 5.41) is 0. The molecule has 0 spiro atoms. The zero-order valence-corrected chi connectivity index (χ0v) is 9.58. The molecule has 0 atom stereocenters. The minimum Gasteiger partial charge on any atom is -0.500 e. The lowest BCUT2D eigenvalue weighted by molar-refractivity contribution is -0.125. The summed E-state index contributed by atoms with van der Waals surface area (Å²) in [5.41, 5.74) is 0.644. The maximum atomic E-state index is 12.4. The van der Waals surface area contributed by atoms with Crippen molar-refractivity contribution in [3.8, 4) is 0 Å². The van der Waals surface area contributed by atoms with Gasteiger partial charge in [0, 0.05) is 12.0 Å².